The minimum Gasteiger partial charge on any atom is -0.490 e. The number of para-hydroxylation sites is 1. The molecule has 8 nitrogen and oxygen atoms in total. The Balaban J connectivity index is 1.23. The van der Waals surface area contributed by atoms with Crippen molar-refractivity contribution in [3.63, 3.8) is 0 Å². The average molecular weight is 484 g/mol. The van der Waals surface area contributed by atoms with Crippen molar-refractivity contribution in [2.24, 2.45) is 10.1 Å². The van der Waals surface area contributed by atoms with E-state index in [1.165, 1.54) is 16.8 Å². The quantitative estimate of drug-likeness (QED) is 0.392. The van der Waals surface area contributed by atoms with Gasteiger partial charge in [0.05, 0.1) is 5.57 Å². The number of hydrogen-bond donors (Lipinski definition) is 1. The van der Waals surface area contributed by atoms with E-state index in [4.69, 9.17) is 14.9 Å². The Morgan fingerprint density at radius 1 is 1.03 bits per heavy atom. The molecule has 0 saturated heterocycles. The van der Waals surface area contributed by atoms with Crippen LogP contribution in [0.15, 0.2) is 88.7 Å². The van der Waals surface area contributed by atoms with Crippen LogP contribution in [-0.4, -0.2) is 45.2 Å². The van der Waals surface area contributed by atoms with Crippen LogP contribution in [0.4, 0.5) is 0 Å². The van der Waals surface area contributed by atoms with Gasteiger partial charge in [-0.05, 0) is 66.2 Å². The molecule has 35 heavy (non-hydrogen) atoms. The normalized spacial score (nSPS) is 16.1. The lowest BCUT2D eigenvalue weighted by Gasteiger charge is -2.20. The van der Waals surface area contributed by atoms with Gasteiger partial charge in [0.15, 0.2) is 5.84 Å². The van der Waals surface area contributed by atoms with Crippen LogP contribution in [-0.2, 0) is 4.79 Å². The van der Waals surface area contributed by atoms with Crippen molar-refractivity contribution in [2.75, 3.05) is 13.2 Å². The second-order valence-electron chi connectivity index (χ2n) is 7.70. The molecule has 0 radical (unpaired) electrons. The fourth-order valence-corrected chi connectivity index (χ4v) is 4.34. The first kappa shape index (κ1) is 22.5. The molecule has 1 N–H and O–H groups in total. The van der Waals surface area contributed by atoms with Crippen molar-refractivity contribution in [1.29, 1.82) is 5.41 Å². The fraction of sp³-hybridized carbons (Fsp3) is 0.115. The minimum atomic E-state index is -0.468. The number of nitrogens with one attached hydrogen (secondary N) is 1. The van der Waals surface area contributed by atoms with Gasteiger partial charge < -0.3 is 9.47 Å². The number of carbonyl (C=O) groups excluding carboxylic acids is 1. The minimum absolute atomic E-state index is 0.0138. The first-order chi connectivity index (χ1) is 17.1. The molecule has 0 unspecified atom stereocenters. The highest BCUT2D eigenvalue weighted by Crippen LogP contribution is 2.30. The monoisotopic (exact) mass is 483 g/mol. The van der Waals surface area contributed by atoms with Crippen LogP contribution in [0.2, 0.25) is 0 Å². The molecule has 1 aromatic heterocycles. The van der Waals surface area contributed by atoms with Crippen LogP contribution < -0.4 is 9.47 Å². The molecular weight excluding hydrogens is 462 g/mol. The lowest BCUT2D eigenvalue weighted by Crippen LogP contribution is -2.35. The molecule has 174 valence electrons. The van der Waals surface area contributed by atoms with Crippen molar-refractivity contribution in [3.05, 3.63) is 95.3 Å². The third kappa shape index (κ3) is 4.99. The summed E-state index contributed by atoms with van der Waals surface area (Å²) in [5.41, 5.74) is 2.81. The number of nitrogens with zero attached hydrogens (tertiary/aromatic N) is 4. The van der Waals surface area contributed by atoms with Crippen molar-refractivity contribution in [1.82, 2.24) is 9.99 Å². The number of hydrogen-bond acceptors (Lipinski definition) is 7. The molecule has 0 bridgehead atoms. The first-order valence-corrected chi connectivity index (χ1v) is 11.7. The summed E-state index contributed by atoms with van der Waals surface area (Å²) in [7, 11) is 0. The Hall–Kier alpha value is -4.24. The lowest BCUT2D eigenvalue weighted by atomic mass is 10.1. The summed E-state index contributed by atoms with van der Waals surface area (Å²) < 4.78 is 11.5. The molecule has 2 aliphatic rings. The highest BCUT2D eigenvalue weighted by Gasteiger charge is 2.36. The SMILES string of the molecule is Cc1ccccc1OCCOc1ccc(/C=C2/C(=N)N3N=C(c4cccnc4)SC3=NC2=O)cc1. The third-order valence-electron chi connectivity index (χ3n) is 5.26. The maximum atomic E-state index is 12.6. The van der Waals surface area contributed by atoms with E-state index in [-0.39, 0.29) is 11.4 Å². The van der Waals surface area contributed by atoms with Gasteiger partial charge in [-0.15, -0.1) is 0 Å². The molecule has 3 heterocycles. The van der Waals surface area contributed by atoms with Crippen LogP contribution in [0.1, 0.15) is 16.7 Å². The Labute approximate surface area is 206 Å². The predicted molar refractivity (Wildman–Crippen MR) is 137 cm³/mol. The Morgan fingerprint density at radius 3 is 2.60 bits per heavy atom. The van der Waals surface area contributed by atoms with E-state index in [1.807, 2.05) is 67.6 Å². The molecule has 0 saturated carbocycles. The van der Waals surface area contributed by atoms with Gasteiger partial charge in [-0.2, -0.15) is 15.1 Å². The van der Waals surface area contributed by atoms with Gasteiger partial charge in [0.25, 0.3) is 5.91 Å². The molecule has 9 heteroatoms. The Morgan fingerprint density at radius 2 is 1.83 bits per heavy atom. The van der Waals surface area contributed by atoms with E-state index in [0.29, 0.717) is 29.2 Å². The average Bonchev–Trinajstić information content (AvgIpc) is 3.31. The molecule has 0 fully saturated rings. The van der Waals surface area contributed by atoms with Crippen molar-refractivity contribution < 1.29 is 14.3 Å². The first-order valence-electron chi connectivity index (χ1n) is 10.9. The van der Waals surface area contributed by atoms with Gasteiger partial charge in [0.1, 0.15) is 29.8 Å². The summed E-state index contributed by atoms with van der Waals surface area (Å²) in [6, 6.07) is 18.8. The molecule has 0 atom stereocenters. The van der Waals surface area contributed by atoms with Gasteiger partial charge in [-0.3, -0.25) is 15.2 Å². The number of fused-ring (bicyclic) bond motifs is 1. The zero-order valence-electron chi connectivity index (χ0n) is 18.8. The van der Waals surface area contributed by atoms with E-state index in [0.717, 1.165) is 22.4 Å². The second kappa shape index (κ2) is 9.94. The number of aliphatic imine (C=N–C) groups is 1. The van der Waals surface area contributed by atoms with Gasteiger partial charge >= 0.3 is 0 Å². The highest BCUT2D eigenvalue weighted by molar-refractivity contribution is 8.27. The Kier molecular flexibility index (Phi) is 6.40. The molecular formula is C26H21N5O3S. The van der Waals surface area contributed by atoms with Gasteiger partial charge in [0.2, 0.25) is 5.17 Å². The van der Waals surface area contributed by atoms with Gasteiger partial charge in [-0.25, -0.2) is 0 Å². The number of rotatable bonds is 7. The number of aromatic nitrogens is 1. The van der Waals surface area contributed by atoms with E-state index >= 15 is 0 Å². The van der Waals surface area contributed by atoms with E-state index < -0.39 is 5.91 Å². The lowest BCUT2D eigenvalue weighted by molar-refractivity contribution is -0.114. The van der Waals surface area contributed by atoms with Crippen LogP contribution in [0.5, 0.6) is 11.5 Å². The predicted octanol–water partition coefficient (Wildman–Crippen LogP) is 4.52. The number of hydrazone groups is 1. The molecule has 3 aromatic rings. The summed E-state index contributed by atoms with van der Waals surface area (Å²) in [4.78, 5) is 20.9. The molecule has 0 spiro atoms. The smallest absolute Gasteiger partial charge is 0.283 e. The maximum Gasteiger partial charge on any atom is 0.283 e. The zero-order valence-corrected chi connectivity index (χ0v) is 19.7. The molecule has 5 rings (SSSR count). The van der Waals surface area contributed by atoms with E-state index in [2.05, 4.69) is 15.1 Å². The second-order valence-corrected chi connectivity index (χ2v) is 8.65. The molecule has 2 aromatic carbocycles. The van der Waals surface area contributed by atoms with E-state index in [1.54, 1.807) is 18.5 Å². The summed E-state index contributed by atoms with van der Waals surface area (Å²) in [6.45, 7) is 2.83. The largest absolute Gasteiger partial charge is 0.490 e. The molecule has 0 aliphatic carbocycles. The van der Waals surface area contributed by atoms with E-state index in [9.17, 15) is 4.79 Å². The summed E-state index contributed by atoms with van der Waals surface area (Å²) >= 11 is 1.24. The number of amides is 1. The van der Waals surface area contributed by atoms with Crippen LogP contribution in [0.25, 0.3) is 6.08 Å². The van der Waals surface area contributed by atoms with Crippen LogP contribution in [0.3, 0.4) is 0 Å². The molecule has 1 amide bonds. The van der Waals surface area contributed by atoms with Gasteiger partial charge in [-0.1, -0.05) is 30.3 Å². The maximum absolute atomic E-state index is 12.6. The Bertz CT molecular complexity index is 1370. The topological polar surface area (TPSA) is 100 Å². The number of aryl methyl sites for hydroxylation is 1. The number of pyridine rings is 1. The number of benzene rings is 2. The summed E-state index contributed by atoms with van der Waals surface area (Å²) in [6.07, 6.45) is 5.00. The number of amidine groups is 2. The third-order valence-corrected chi connectivity index (χ3v) is 6.21. The van der Waals surface area contributed by atoms with Gasteiger partial charge in [0, 0.05) is 18.0 Å². The van der Waals surface area contributed by atoms with Crippen molar-refractivity contribution >= 4 is 39.8 Å². The van der Waals surface area contributed by atoms with Crippen LogP contribution in [0, 0.1) is 12.3 Å². The van der Waals surface area contributed by atoms with Crippen molar-refractivity contribution in [2.45, 2.75) is 6.92 Å². The summed E-state index contributed by atoms with van der Waals surface area (Å²) in [5, 5.41) is 15.4. The zero-order chi connectivity index (χ0) is 24.2. The summed E-state index contributed by atoms with van der Waals surface area (Å²) in [5.74, 6) is 1.05. The molecule has 2 aliphatic heterocycles. The number of carbonyl (C=O) groups is 1. The van der Waals surface area contributed by atoms with Crippen molar-refractivity contribution in [3.8, 4) is 11.5 Å². The number of thioether (sulfide) groups is 1. The fourth-order valence-electron chi connectivity index (χ4n) is 3.45. The van der Waals surface area contributed by atoms with Crippen LogP contribution >= 0.6 is 11.8 Å². The standard InChI is InChI=1S/C26H21N5O3S/c1-17-5-2-3-7-22(17)34-14-13-33-20-10-8-18(9-11-20)15-21-23(27)31-26(29-24(21)32)35-25(30-31)19-6-4-12-28-16-19/h2-12,15-16,27H,13-14H2,1H3/b21-15-,27-23?. The number of ether oxygens (including phenoxy) is 2. The highest BCUT2D eigenvalue weighted by atomic mass is 32.2.